The standard InChI is InChI=1S/C8H10N2O2.ClH/c1-3-4-10-5-7(8(11)12)6(2)9-10;/h3,5H,1,4H2,2H3,(H,11,12);1H. The number of hydrogen-bond donors (Lipinski definition) is 1. The van der Waals surface area contributed by atoms with E-state index in [1.54, 1.807) is 17.7 Å². The van der Waals surface area contributed by atoms with Crippen molar-refractivity contribution < 1.29 is 9.90 Å². The number of aryl methyl sites for hydroxylation is 1. The van der Waals surface area contributed by atoms with Crippen LogP contribution in [0.5, 0.6) is 0 Å². The SMILES string of the molecule is C=CCn1cc(C(=O)O)c(C)n1.Cl. The summed E-state index contributed by atoms with van der Waals surface area (Å²) < 4.78 is 1.55. The third-order valence-corrected chi connectivity index (χ3v) is 1.49. The van der Waals surface area contributed by atoms with Crippen molar-refractivity contribution in [1.29, 1.82) is 0 Å². The summed E-state index contributed by atoms with van der Waals surface area (Å²) in [5.41, 5.74) is 0.779. The number of aromatic nitrogens is 2. The first-order valence-corrected chi connectivity index (χ1v) is 3.53. The van der Waals surface area contributed by atoms with E-state index in [4.69, 9.17) is 5.11 Å². The van der Waals surface area contributed by atoms with E-state index in [0.29, 0.717) is 12.2 Å². The molecule has 1 aromatic heterocycles. The molecular weight excluding hydrogens is 192 g/mol. The maximum atomic E-state index is 10.6. The molecule has 0 saturated heterocycles. The van der Waals surface area contributed by atoms with Crippen LogP contribution in [-0.2, 0) is 6.54 Å². The Labute approximate surface area is 82.3 Å². The van der Waals surface area contributed by atoms with E-state index in [1.807, 2.05) is 0 Å². The number of nitrogens with zero attached hydrogens (tertiary/aromatic N) is 2. The summed E-state index contributed by atoms with van der Waals surface area (Å²) in [7, 11) is 0. The molecule has 0 bridgehead atoms. The van der Waals surface area contributed by atoms with Gasteiger partial charge in [0.15, 0.2) is 0 Å². The lowest BCUT2D eigenvalue weighted by Crippen LogP contribution is -1.96. The van der Waals surface area contributed by atoms with Crippen LogP contribution >= 0.6 is 12.4 Å². The molecule has 1 rings (SSSR count). The smallest absolute Gasteiger partial charge is 0.339 e. The number of aromatic carboxylic acids is 1. The highest BCUT2D eigenvalue weighted by atomic mass is 35.5. The summed E-state index contributed by atoms with van der Waals surface area (Å²) in [6.45, 7) is 5.74. The van der Waals surface area contributed by atoms with Crippen molar-refractivity contribution in [3.05, 3.63) is 30.1 Å². The molecule has 72 valence electrons. The lowest BCUT2D eigenvalue weighted by atomic mass is 10.3. The van der Waals surface area contributed by atoms with E-state index < -0.39 is 5.97 Å². The Morgan fingerprint density at radius 2 is 2.46 bits per heavy atom. The molecule has 0 unspecified atom stereocenters. The van der Waals surface area contributed by atoms with Crippen molar-refractivity contribution in [1.82, 2.24) is 9.78 Å². The van der Waals surface area contributed by atoms with Gasteiger partial charge in [0.25, 0.3) is 0 Å². The van der Waals surface area contributed by atoms with Gasteiger partial charge in [-0.3, -0.25) is 4.68 Å². The molecule has 1 aromatic rings. The highest BCUT2D eigenvalue weighted by Crippen LogP contribution is 2.04. The third kappa shape index (κ3) is 2.59. The minimum atomic E-state index is -0.942. The monoisotopic (exact) mass is 202 g/mol. The second-order valence-corrected chi connectivity index (χ2v) is 2.44. The lowest BCUT2D eigenvalue weighted by Gasteiger charge is -1.90. The Morgan fingerprint density at radius 3 is 2.85 bits per heavy atom. The predicted molar refractivity (Wildman–Crippen MR) is 51.4 cm³/mol. The van der Waals surface area contributed by atoms with Gasteiger partial charge in [-0.25, -0.2) is 4.79 Å². The van der Waals surface area contributed by atoms with Gasteiger partial charge in [0.1, 0.15) is 5.56 Å². The molecule has 13 heavy (non-hydrogen) atoms. The topological polar surface area (TPSA) is 55.1 Å². The number of carboxylic acids is 1. The van der Waals surface area contributed by atoms with Gasteiger partial charge >= 0.3 is 5.97 Å². The molecule has 1 heterocycles. The van der Waals surface area contributed by atoms with E-state index in [0.717, 1.165) is 0 Å². The molecule has 0 aliphatic carbocycles. The van der Waals surface area contributed by atoms with Crippen molar-refractivity contribution >= 4 is 18.4 Å². The first kappa shape index (κ1) is 11.7. The highest BCUT2D eigenvalue weighted by Gasteiger charge is 2.10. The molecule has 5 heteroatoms. The number of allylic oxidation sites excluding steroid dienone is 1. The van der Waals surface area contributed by atoms with Crippen LogP contribution in [0.1, 0.15) is 16.1 Å². The van der Waals surface area contributed by atoms with Crippen LogP contribution in [0.4, 0.5) is 0 Å². The molecule has 0 amide bonds. The summed E-state index contributed by atoms with van der Waals surface area (Å²) >= 11 is 0. The molecule has 0 atom stereocenters. The van der Waals surface area contributed by atoms with Crippen molar-refractivity contribution in [2.75, 3.05) is 0 Å². The van der Waals surface area contributed by atoms with Crippen LogP contribution in [0.2, 0.25) is 0 Å². The Hall–Kier alpha value is -1.29. The van der Waals surface area contributed by atoms with Gasteiger partial charge in [0, 0.05) is 6.20 Å². The van der Waals surface area contributed by atoms with Gasteiger partial charge < -0.3 is 5.11 Å². The van der Waals surface area contributed by atoms with Gasteiger partial charge in [-0.05, 0) is 6.92 Å². The maximum absolute atomic E-state index is 10.6. The molecular formula is C8H11ClN2O2. The van der Waals surface area contributed by atoms with E-state index in [1.165, 1.54) is 6.20 Å². The fourth-order valence-electron chi connectivity index (χ4n) is 0.954. The number of halogens is 1. The quantitative estimate of drug-likeness (QED) is 0.756. The number of rotatable bonds is 3. The summed E-state index contributed by atoms with van der Waals surface area (Å²) in [6, 6.07) is 0. The zero-order chi connectivity index (χ0) is 9.14. The molecule has 1 N–H and O–H groups in total. The minimum absolute atomic E-state index is 0. The highest BCUT2D eigenvalue weighted by molar-refractivity contribution is 5.88. The van der Waals surface area contributed by atoms with E-state index in [9.17, 15) is 4.79 Å². The number of hydrogen-bond acceptors (Lipinski definition) is 2. The van der Waals surface area contributed by atoms with Crippen molar-refractivity contribution in [2.45, 2.75) is 13.5 Å². The molecule has 0 spiro atoms. The molecule has 0 aliphatic heterocycles. The second kappa shape index (κ2) is 4.67. The average molecular weight is 203 g/mol. The Balaban J connectivity index is 0.00000144. The first-order valence-electron chi connectivity index (χ1n) is 3.53. The molecule has 0 aromatic carbocycles. The van der Waals surface area contributed by atoms with Gasteiger partial charge in [0.2, 0.25) is 0 Å². The van der Waals surface area contributed by atoms with Crippen LogP contribution < -0.4 is 0 Å². The largest absolute Gasteiger partial charge is 0.478 e. The molecule has 0 radical (unpaired) electrons. The summed E-state index contributed by atoms with van der Waals surface area (Å²) in [5.74, 6) is -0.942. The lowest BCUT2D eigenvalue weighted by molar-refractivity contribution is 0.0696. The fourth-order valence-corrected chi connectivity index (χ4v) is 0.954. The van der Waals surface area contributed by atoms with Crippen molar-refractivity contribution in [3.63, 3.8) is 0 Å². The fraction of sp³-hybridized carbons (Fsp3) is 0.250. The van der Waals surface area contributed by atoms with Crippen LogP contribution in [0.15, 0.2) is 18.9 Å². The normalized spacial score (nSPS) is 9.00. The summed E-state index contributed by atoms with van der Waals surface area (Å²) in [4.78, 5) is 10.6. The minimum Gasteiger partial charge on any atom is -0.478 e. The maximum Gasteiger partial charge on any atom is 0.339 e. The zero-order valence-electron chi connectivity index (χ0n) is 7.23. The molecule has 4 nitrogen and oxygen atoms in total. The number of carboxylic acid groups (broad SMARTS) is 1. The van der Waals surface area contributed by atoms with E-state index >= 15 is 0 Å². The summed E-state index contributed by atoms with van der Waals surface area (Å²) in [6.07, 6.45) is 3.16. The first-order chi connectivity index (χ1) is 5.65. The average Bonchev–Trinajstić information content (AvgIpc) is 2.32. The Bertz CT molecular complexity index is 320. The van der Waals surface area contributed by atoms with Crippen LogP contribution in [-0.4, -0.2) is 20.9 Å². The predicted octanol–water partition coefficient (Wildman–Crippen LogP) is 1.50. The summed E-state index contributed by atoms with van der Waals surface area (Å²) in [5, 5.41) is 12.7. The molecule has 0 saturated carbocycles. The third-order valence-electron chi connectivity index (χ3n) is 1.49. The van der Waals surface area contributed by atoms with Gasteiger partial charge in [-0.15, -0.1) is 19.0 Å². The zero-order valence-corrected chi connectivity index (χ0v) is 8.04. The van der Waals surface area contributed by atoms with Crippen LogP contribution in [0, 0.1) is 6.92 Å². The molecule has 0 aliphatic rings. The van der Waals surface area contributed by atoms with E-state index in [2.05, 4.69) is 11.7 Å². The van der Waals surface area contributed by atoms with Gasteiger partial charge in [0.05, 0.1) is 12.2 Å². The number of carbonyl (C=O) groups is 1. The Morgan fingerprint density at radius 1 is 1.85 bits per heavy atom. The molecule has 0 fully saturated rings. The Kier molecular flexibility index (Phi) is 4.20. The van der Waals surface area contributed by atoms with E-state index in [-0.39, 0.29) is 18.0 Å². The van der Waals surface area contributed by atoms with Crippen molar-refractivity contribution in [3.8, 4) is 0 Å². The van der Waals surface area contributed by atoms with Gasteiger partial charge in [-0.2, -0.15) is 5.10 Å². The van der Waals surface area contributed by atoms with Crippen LogP contribution in [0.25, 0.3) is 0 Å². The van der Waals surface area contributed by atoms with Crippen molar-refractivity contribution in [2.24, 2.45) is 0 Å². The van der Waals surface area contributed by atoms with Crippen LogP contribution in [0.3, 0.4) is 0 Å². The second-order valence-electron chi connectivity index (χ2n) is 2.44. The van der Waals surface area contributed by atoms with Gasteiger partial charge in [-0.1, -0.05) is 6.08 Å².